The molecule has 1 aromatic heterocycles. The van der Waals surface area contributed by atoms with Gasteiger partial charge in [0.15, 0.2) is 0 Å². The van der Waals surface area contributed by atoms with Gasteiger partial charge in [0, 0.05) is 26.1 Å². The Bertz CT molecular complexity index is 530. The molecule has 0 radical (unpaired) electrons. The molecule has 1 aliphatic carbocycles. The summed E-state index contributed by atoms with van der Waals surface area (Å²) in [7, 11) is 1.96. The van der Waals surface area contributed by atoms with Crippen molar-refractivity contribution < 1.29 is 0 Å². The molecule has 1 aliphatic rings. The number of rotatable bonds is 7. The van der Waals surface area contributed by atoms with Crippen LogP contribution < -0.4 is 5.32 Å². The monoisotopic (exact) mass is 270 g/mol. The van der Waals surface area contributed by atoms with Gasteiger partial charge >= 0.3 is 0 Å². The molecule has 0 saturated heterocycles. The van der Waals surface area contributed by atoms with E-state index in [2.05, 4.69) is 45.7 Å². The Kier molecular flexibility index (Phi) is 4.11. The smallest absolute Gasteiger partial charge is 0.138 e. The van der Waals surface area contributed by atoms with E-state index in [9.17, 15) is 0 Å². The summed E-state index contributed by atoms with van der Waals surface area (Å²) in [5.41, 5.74) is 1.42. The molecule has 3 rings (SSSR count). The molecule has 0 bridgehead atoms. The highest BCUT2D eigenvalue weighted by Gasteiger charge is 2.22. The second-order valence-corrected chi connectivity index (χ2v) is 5.63. The molecule has 1 N–H and O–H groups in total. The third kappa shape index (κ3) is 3.45. The van der Waals surface area contributed by atoms with Crippen LogP contribution in [0.2, 0.25) is 0 Å². The molecular weight excluding hydrogens is 248 g/mol. The van der Waals surface area contributed by atoms with Crippen LogP contribution in [0.3, 0.4) is 0 Å². The molecule has 1 fully saturated rings. The number of aryl methyl sites for hydroxylation is 2. The first-order valence-electron chi connectivity index (χ1n) is 7.44. The Morgan fingerprint density at radius 1 is 1.30 bits per heavy atom. The van der Waals surface area contributed by atoms with Crippen molar-refractivity contribution in [1.29, 1.82) is 0 Å². The Labute approximate surface area is 120 Å². The van der Waals surface area contributed by atoms with Gasteiger partial charge in [0.25, 0.3) is 0 Å². The fourth-order valence-corrected chi connectivity index (χ4v) is 2.56. The first-order chi connectivity index (χ1) is 9.83. The average Bonchev–Trinajstić information content (AvgIpc) is 3.22. The normalized spacial score (nSPS) is 16.2. The van der Waals surface area contributed by atoms with E-state index in [1.165, 1.54) is 18.4 Å². The first kappa shape index (κ1) is 13.3. The highest BCUT2D eigenvalue weighted by atomic mass is 15.3. The standard InChI is InChI=1S/C16H22N4/c1-20-16(18-12-19-20)10-7-14(11-17-15-8-9-15)13-5-3-2-4-6-13/h2-6,12,14-15,17H,7-11H2,1H3. The minimum atomic E-state index is 0.550. The molecule has 0 spiro atoms. The Morgan fingerprint density at radius 2 is 2.10 bits per heavy atom. The molecule has 1 atom stereocenters. The summed E-state index contributed by atoms with van der Waals surface area (Å²) >= 11 is 0. The zero-order valence-electron chi connectivity index (χ0n) is 12.0. The maximum absolute atomic E-state index is 4.32. The number of nitrogens with zero attached hydrogens (tertiary/aromatic N) is 3. The SMILES string of the molecule is Cn1ncnc1CCC(CNC1CC1)c1ccccc1. The van der Waals surface area contributed by atoms with Crippen LogP contribution in [-0.4, -0.2) is 27.4 Å². The van der Waals surface area contributed by atoms with Crippen molar-refractivity contribution in [2.45, 2.75) is 37.6 Å². The van der Waals surface area contributed by atoms with Crippen LogP contribution in [0.4, 0.5) is 0 Å². The van der Waals surface area contributed by atoms with E-state index >= 15 is 0 Å². The van der Waals surface area contributed by atoms with Gasteiger partial charge in [-0.05, 0) is 30.7 Å². The van der Waals surface area contributed by atoms with Crippen LogP contribution in [0.15, 0.2) is 36.7 Å². The molecule has 1 saturated carbocycles. The van der Waals surface area contributed by atoms with Crippen LogP contribution in [0.25, 0.3) is 0 Å². The second kappa shape index (κ2) is 6.18. The van der Waals surface area contributed by atoms with Crippen molar-refractivity contribution in [3.05, 3.63) is 48.0 Å². The molecule has 1 heterocycles. The third-order valence-electron chi connectivity index (χ3n) is 4.02. The van der Waals surface area contributed by atoms with Crippen molar-refractivity contribution in [2.24, 2.45) is 7.05 Å². The minimum absolute atomic E-state index is 0.550. The van der Waals surface area contributed by atoms with E-state index in [-0.39, 0.29) is 0 Å². The number of nitrogens with one attached hydrogen (secondary N) is 1. The molecular formula is C16H22N4. The van der Waals surface area contributed by atoms with Gasteiger partial charge in [-0.2, -0.15) is 5.10 Å². The summed E-state index contributed by atoms with van der Waals surface area (Å²) < 4.78 is 1.87. The third-order valence-corrected chi connectivity index (χ3v) is 4.02. The second-order valence-electron chi connectivity index (χ2n) is 5.63. The summed E-state index contributed by atoms with van der Waals surface area (Å²) in [6.07, 6.45) is 6.39. The van der Waals surface area contributed by atoms with Crippen molar-refractivity contribution in [2.75, 3.05) is 6.54 Å². The minimum Gasteiger partial charge on any atom is -0.313 e. The number of hydrogen-bond acceptors (Lipinski definition) is 3. The fourth-order valence-electron chi connectivity index (χ4n) is 2.56. The number of benzene rings is 1. The largest absolute Gasteiger partial charge is 0.313 e. The molecule has 20 heavy (non-hydrogen) atoms. The molecule has 0 aliphatic heterocycles. The van der Waals surface area contributed by atoms with Gasteiger partial charge in [-0.25, -0.2) is 4.98 Å². The molecule has 4 nitrogen and oxygen atoms in total. The predicted octanol–water partition coefficient (Wildman–Crippen LogP) is 2.28. The fraction of sp³-hybridized carbons (Fsp3) is 0.500. The molecule has 0 amide bonds. The van der Waals surface area contributed by atoms with E-state index in [4.69, 9.17) is 0 Å². The lowest BCUT2D eigenvalue weighted by atomic mass is 9.94. The van der Waals surface area contributed by atoms with Gasteiger partial charge in [-0.3, -0.25) is 4.68 Å². The highest BCUT2D eigenvalue weighted by Crippen LogP contribution is 2.24. The summed E-state index contributed by atoms with van der Waals surface area (Å²) in [4.78, 5) is 4.32. The summed E-state index contributed by atoms with van der Waals surface area (Å²) in [6.45, 7) is 1.06. The van der Waals surface area contributed by atoms with Crippen molar-refractivity contribution in [3.63, 3.8) is 0 Å². The van der Waals surface area contributed by atoms with Gasteiger partial charge in [0.1, 0.15) is 12.2 Å². The Morgan fingerprint density at radius 3 is 2.75 bits per heavy atom. The summed E-state index contributed by atoms with van der Waals surface area (Å²) in [5, 5.41) is 7.80. The number of aromatic nitrogens is 3. The lowest BCUT2D eigenvalue weighted by Crippen LogP contribution is -2.24. The van der Waals surface area contributed by atoms with Crippen LogP contribution >= 0.6 is 0 Å². The maximum Gasteiger partial charge on any atom is 0.138 e. The lowest BCUT2D eigenvalue weighted by Gasteiger charge is -2.18. The van der Waals surface area contributed by atoms with Gasteiger partial charge < -0.3 is 5.32 Å². The highest BCUT2D eigenvalue weighted by molar-refractivity contribution is 5.20. The van der Waals surface area contributed by atoms with E-state index in [0.717, 1.165) is 31.3 Å². The Hall–Kier alpha value is -1.68. The van der Waals surface area contributed by atoms with Gasteiger partial charge in [-0.1, -0.05) is 30.3 Å². The zero-order valence-corrected chi connectivity index (χ0v) is 12.0. The summed E-state index contributed by atoms with van der Waals surface area (Å²) in [5.74, 6) is 1.62. The van der Waals surface area contributed by atoms with Crippen LogP contribution in [0.5, 0.6) is 0 Å². The molecule has 1 unspecified atom stereocenters. The predicted molar refractivity (Wildman–Crippen MR) is 79.5 cm³/mol. The van der Waals surface area contributed by atoms with Crippen molar-refractivity contribution in [1.82, 2.24) is 20.1 Å². The van der Waals surface area contributed by atoms with Crippen molar-refractivity contribution in [3.8, 4) is 0 Å². The molecule has 2 aromatic rings. The van der Waals surface area contributed by atoms with Crippen molar-refractivity contribution >= 4 is 0 Å². The lowest BCUT2D eigenvalue weighted by molar-refractivity contribution is 0.534. The quantitative estimate of drug-likeness (QED) is 0.839. The number of hydrogen-bond donors (Lipinski definition) is 1. The van der Waals surface area contributed by atoms with Gasteiger partial charge in [-0.15, -0.1) is 0 Å². The molecule has 1 aromatic carbocycles. The first-order valence-corrected chi connectivity index (χ1v) is 7.44. The van der Waals surface area contributed by atoms with E-state index in [0.29, 0.717) is 5.92 Å². The molecule has 106 valence electrons. The van der Waals surface area contributed by atoms with E-state index in [1.807, 2.05) is 11.7 Å². The average molecular weight is 270 g/mol. The van der Waals surface area contributed by atoms with Crippen LogP contribution in [0, 0.1) is 0 Å². The van der Waals surface area contributed by atoms with E-state index in [1.54, 1.807) is 6.33 Å². The van der Waals surface area contributed by atoms with Crippen LogP contribution in [0.1, 0.15) is 36.6 Å². The van der Waals surface area contributed by atoms with E-state index < -0.39 is 0 Å². The Balaban J connectivity index is 1.63. The zero-order chi connectivity index (χ0) is 13.8. The maximum atomic E-state index is 4.32. The topological polar surface area (TPSA) is 42.7 Å². The van der Waals surface area contributed by atoms with Gasteiger partial charge in [0.05, 0.1) is 0 Å². The van der Waals surface area contributed by atoms with Crippen LogP contribution in [-0.2, 0) is 13.5 Å². The summed E-state index contributed by atoms with van der Waals surface area (Å²) in [6, 6.07) is 11.6. The van der Waals surface area contributed by atoms with Gasteiger partial charge in [0.2, 0.25) is 0 Å². The molecule has 4 heteroatoms.